The molecule has 3 rings (SSSR count). The number of hydrogen-bond acceptors (Lipinski definition) is 5. The van der Waals surface area contributed by atoms with Gasteiger partial charge in [0, 0.05) is 12.1 Å². The second-order valence-electron chi connectivity index (χ2n) is 4.30. The Balaban J connectivity index is 1.73. The van der Waals surface area contributed by atoms with Crippen molar-refractivity contribution in [2.24, 2.45) is 5.73 Å². The monoisotopic (exact) mass is 276 g/mol. The highest BCUT2D eigenvalue weighted by Crippen LogP contribution is 2.32. The molecule has 1 aliphatic rings. The molecule has 0 amide bonds. The lowest BCUT2D eigenvalue weighted by Crippen LogP contribution is -2.05. The van der Waals surface area contributed by atoms with Crippen LogP contribution in [0.15, 0.2) is 30.5 Å². The zero-order valence-electron chi connectivity index (χ0n) is 10.6. The van der Waals surface area contributed by atoms with Crippen LogP contribution >= 0.6 is 0 Å². The van der Waals surface area contributed by atoms with E-state index in [4.69, 9.17) is 19.9 Å². The number of fused-ring (bicyclic) bond motifs is 1. The molecule has 0 saturated heterocycles. The fourth-order valence-corrected chi connectivity index (χ4v) is 1.93. The van der Waals surface area contributed by atoms with Crippen LogP contribution in [-0.4, -0.2) is 11.8 Å². The van der Waals surface area contributed by atoms with Crippen molar-refractivity contribution in [3.05, 3.63) is 47.4 Å². The number of nitrogens with two attached hydrogens (primary N) is 1. The Hall–Kier alpha value is -2.34. The van der Waals surface area contributed by atoms with Crippen molar-refractivity contribution in [2.75, 3.05) is 6.79 Å². The van der Waals surface area contributed by atoms with Crippen LogP contribution in [0.3, 0.4) is 0 Å². The molecule has 0 aliphatic carbocycles. The van der Waals surface area contributed by atoms with Gasteiger partial charge in [-0.05, 0) is 23.8 Å². The average molecular weight is 276 g/mol. The number of pyridine rings is 1. The minimum absolute atomic E-state index is 0.168. The Kier molecular flexibility index (Phi) is 3.39. The van der Waals surface area contributed by atoms with Crippen molar-refractivity contribution in [3.63, 3.8) is 0 Å². The molecule has 0 unspecified atom stereocenters. The third-order valence-corrected chi connectivity index (χ3v) is 2.92. The van der Waals surface area contributed by atoms with Crippen molar-refractivity contribution in [1.82, 2.24) is 4.98 Å². The number of hydrogen-bond donors (Lipinski definition) is 1. The molecule has 20 heavy (non-hydrogen) atoms. The molecule has 0 atom stereocenters. The van der Waals surface area contributed by atoms with Crippen LogP contribution < -0.4 is 19.9 Å². The van der Waals surface area contributed by atoms with E-state index in [0.717, 1.165) is 17.5 Å². The standard InChI is InChI=1S/C14H13FN2O3/c15-11-4-10(5-16)14(17-6-11)18-7-9-1-2-12-13(3-9)20-8-19-12/h1-4,6H,5,7-8,16H2. The zero-order chi connectivity index (χ0) is 13.9. The molecule has 5 nitrogen and oxygen atoms in total. The largest absolute Gasteiger partial charge is 0.473 e. The predicted octanol–water partition coefficient (Wildman–Crippen LogP) is 1.99. The maximum atomic E-state index is 13.0. The van der Waals surface area contributed by atoms with E-state index in [1.165, 1.54) is 6.07 Å². The van der Waals surface area contributed by atoms with Gasteiger partial charge in [-0.25, -0.2) is 9.37 Å². The second kappa shape index (κ2) is 5.34. The van der Waals surface area contributed by atoms with Gasteiger partial charge in [0.15, 0.2) is 11.5 Å². The summed E-state index contributed by atoms with van der Waals surface area (Å²) in [7, 11) is 0. The summed E-state index contributed by atoms with van der Waals surface area (Å²) in [5, 5.41) is 0. The summed E-state index contributed by atoms with van der Waals surface area (Å²) < 4.78 is 29.1. The minimum Gasteiger partial charge on any atom is -0.473 e. The number of nitrogens with zero attached hydrogens (tertiary/aromatic N) is 1. The Morgan fingerprint density at radius 2 is 2.10 bits per heavy atom. The summed E-state index contributed by atoms with van der Waals surface area (Å²) in [4.78, 5) is 3.90. The highest BCUT2D eigenvalue weighted by Gasteiger charge is 2.13. The highest BCUT2D eigenvalue weighted by atomic mass is 19.1. The van der Waals surface area contributed by atoms with Gasteiger partial charge in [-0.1, -0.05) is 6.07 Å². The Labute approximate surface area is 115 Å². The van der Waals surface area contributed by atoms with E-state index in [0.29, 0.717) is 23.8 Å². The number of rotatable bonds is 4. The molecule has 2 heterocycles. The Morgan fingerprint density at radius 3 is 2.95 bits per heavy atom. The van der Waals surface area contributed by atoms with E-state index in [9.17, 15) is 4.39 Å². The first kappa shape index (κ1) is 12.7. The van der Waals surface area contributed by atoms with Gasteiger partial charge in [0.25, 0.3) is 0 Å². The van der Waals surface area contributed by atoms with Crippen molar-refractivity contribution >= 4 is 0 Å². The van der Waals surface area contributed by atoms with Crippen LogP contribution in [0.4, 0.5) is 4.39 Å². The molecule has 6 heteroatoms. The van der Waals surface area contributed by atoms with Crippen molar-refractivity contribution < 1.29 is 18.6 Å². The fourth-order valence-electron chi connectivity index (χ4n) is 1.93. The molecule has 2 N–H and O–H groups in total. The molecule has 0 spiro atoms. The SMILES string of the molecule is NCc1cc(F)cnc1OCc1ccc2c(c1)OCO2. The van der Waals surface area contributed by atoms with E-state index in [2.05, 4.69) is 4.98 Å². The lowest BCUT2D eigenvalue weighted by Gasteiger charge is -2.09. The summed E-state index contributed by atoms with van der Waals surface area (Å²) in [6.45, 7) is 0.694. The van der Waals surface area contributed by atoms with E-state index in [1.54, 1.807) is 0 Å². The maximum Gasteiger partial charge on any atom is 0.231 e. The molecule has 1 aliphatic heterocycles. The smallest absolute Gasteiger partial charge is 0.231 e. The summed E-state index contributed by atoms with van der Waals surface area (Å²) >= 11 is 0. The molecule has 0 radical (unpaired) electrons. The normalized spacial score (nSPS) is 12.5. The average Bonchev–Trinajstić information content (AvgIpc) is 2.93. The van der Waals surface area contributed by atoms with Gasteiger partial charge in [-0.2, -0.15) is 0 Å². The summed E-state index contributed by atoms with van der Waals surface area (Å²) in [5.74, 6) is 1.32. The summed E-state index contributed by atoms with van der Waals surface area (Å²) in [6, 6.07) is 6.86. The zero-order valence-corrected chi connectivity index (χ0v) is 10.6. The molecular formula is C14H13FN2O3. The number of benzene rings is 1. The van der Waals surface area contributed by atoms with Crippen LogP contribution in [0.25, 0.3) is 0 Å². The molecular weight excluding hydrogens is 263 g/mol. The lowest BCUT2D eigenvalue weighted by atomic mass is 10.2. The fraction of sp³-hybridized carbons (Fsp3) is 0.214. The number of halogens is 1. The van der Waals surface area contributed by atoms with Crippen LogP contribution in [0.2, 0.25) is 0 Å². The lowest BCUT2D eigenvalue weighted by molar-refractivity contribution is 0.174. The van der Waals surface area contributed by atoms with Crippen LogP contribution in [0.5, 0.6) is 17.4 Å². The molecule has 1 aromatic heterocycles. The Bertz CT molecular complexity index is 634. The van der Waals surface area contributed by atoms with Gasteiger partial charge in [-0.15, -0.1) is 0 Å². The van der Waals surface area contributed by atoms with Gasteiger partial charge in [-0.3, -0.25) is 0 Å². The molecule has 104 valence electrons. The van der Waals surface area contributed by atoms with Gasteiger partial charge in [0.05, 0.1) is 6.20 Å². The molecule has 0 saturated carbocycles. The highest BCUT2D eigenvalue weighted by molar-refractivity contribution is 5.44. The van der Waals surface area contributed by atoms with Crippen molar-refractivity contribution in [3.8, 4) is 17.4 Å². The molecule has 2 aromatic rings. The van der Waals surface area contributed by atoms with E-state index < -0.39 is 5.82 Å². The molecule has 0 fully saturated rings. The first-order valence-corrected chi connectivity index (χ1v) is 6.12. The van der Waals surface area contributed by atoms with Crippen molar-refractivity contribution in [2.45, 2.75) is 13.2 Å². The van der Waals surface area contributed by atoms with Crippen molar-refractivity contribution in [1.29, 1.82) is 0 Å². The van der Waals surface area contributed by atoms with E-state index in [-0.39, 0.29) is 13.3 Å². The summed E-state index contributed by atoms with van der Waals surface area (Å²) in [6.07, 6.45) is 1.11. The molecule has 0 bridgehead atoms. The first-order valence-electron chi connectivity index (χ1n) is 6.12. The maximum absolute atomic E-state index is 13.0. The third-order valence-electron chi connectivity index (χ3n) is 2.92. The van der Waals surface area contributed by atoms with Gasteiger partial charge >= 0.3 is 0 Å². The minimum atomic E-state index is -0.430. The van der Waals surface area contributed by atoms with Gasteiger partial charge in [0.1, 0.15) is 12.4 Å². The number of aromatic nitrogens is 1. The quantitative estimate of drug-likeness (QED) is 0.925. The number of ether oxygens (including phenoxy) is 3. The topological polar surface area (TPSA) is 66.6 Å². The van der Waals surface area contributed by atoms with Crippen LogP contribution in [0, 0.1) is 5.82 Å². The van der Waals surface area contributed by atoms with E-state index >= 15 is 0 Å². The van der Waals surface area contributed by atoms with Crippen LogP contribution in [-0.2, 0) is 13.2 Å². The van der Waals surface area contributed by atoms with Crippen LogP contribution in [0.1, 0.15) is 11.1 Å². The Morgan fingerprint density at radius 1 is 1.25 bits per heavy atom. The van der Waals surface area contributed by atoms with Gasteiger partial charge < -0.3 is 19.9 Å². The predicted molar refractivity (Wildman–Crippen MR) is 69.0 cm³/mol. The first-order chi connectivity index (χ1) is 9.76. The second-order valence-corrected chi connectivity index (χ2v) is 4.30. The molecule has 1 aromatic carbocycles. The third kappa shape index (κ3) is 2.50. The van der Waals surface area contributed by atoms with E-state index in [1.807, 2.05) is 18.2 Å². The van der Waals surface area contributed by atoms with Gasteiger partial charge in [0.2, 0.25) is 12.7 Å². The summed E-state index contributed by atoms with van der Waals surface area (Å²) in [5.41, 5.74) is 6.98.